The lowest BCUT2D eigenvalue weighted by molar-refractivity contribution is -0.203. The van der Waals surface area contributed by atoms with Crippen molar-refractivity contribution in [3.8, 4) is 17.1 Å². The number of halogens is 3. The van der Waals surface area contributed by atoms with Crippen LogP contribution in [0.15, 0.2) is 85.2 Å². The summed E-state index contributed by atoms with van der Waals surface area (Å²) < 4.78 is 66.8. The summed E-state index contributed by atoms with van der Waals surface area (Å²) in [5.74, 6) is -2.41. The molecule has 0 atom stereocenters. The summed E-state index contributed by atoms with van der Waals surface area (Å²) in [7, 11) is -4.43. The monoisotopic (exact) mass is 559 g/mol. The highest BCUT2D eigenvalue weighted by Crippen LogP contribution is 2.28. The van der Waals surface area contributed by atoms with E-state index in [4.69, 9.17) is 4.74 Å². The molecule has 39 heavy (non-hydrogen) atoms. The molecular weight excluding hydrogens is 539 g/mol. The van der Waals surface area contributed by atoms with Crippen molar-refractivity contribution in [2.24, 2.45) is 0 Å². The number of nitrogens with one attached hydrogen (secondary N) is 2. The smallest absolute Gasteiger partial charge is 0.488 e. The Morgan fingerprint density at radius 2 is 1.62 bits per heavy atom. The topological polar surface area (TPSA) is 132 Å². The summed E-state index contributed by atoms with van der Waals surface area (Å²) in [5.41, 5.74) is 2.18. The van der Waals surface area contributed by atoms with Crippen LogP contribution in [0.1, 0.15) is 11.1 Å². The maximum Gasteiger partial charge on any atom is 0.492 e. The van der Waals surface area contributed by atoms with E-state index >= 15 is 0 Å². The van der Waals surface area contributed by atoms with Crippen LogP contribution in [0, 0.1) is 0 Å². The van der Waals surface area contributed by atoms with E-state index in [1.807, 2.05) is 42.5 Å². The van der Waals surface area contributed by atoms with Gasteiger partial charge in [-0.2, -0.15) is 18.2 Å². The molecular formula is C25H20F3N5O5S. The molecule has 0 fully saturated rings. The second-order valence-electron chi connectivity index (χ2n) is 7.96. The Hall–Kier alpha value is -4.56. The summed E-state index contributed by atoms with van der Waals surface area (Å²) in [6.07, 6.45) is -4.05. The molecule has 202 valence electrons. The lowest BCUT2D eigenvalue weighted by Gasteiger charge is -2.12. The Bertz CT molecular complexity index is 1550. The van der Waals surface area contributed by atoms with Crippen molar-refractivity contribution in [2.75, 3.05) is 5.32 Å². The quantitative estimate of drug-likeness (QED) is 0.273. The molecule has 4 aromatic rings. The second kappa shape index (κ2) is 11.9. The molecule has 4 rings (SSSR count). The van der Waals surface area contributed by atoms with Gasteiger partial charge in [-0.05, 0) is 40.3 Å². The van der Waals surface area contributed by atoms with Crippen LogP contribution in [0.4, 0.5) is 24.8 Å². The van der Waals surface area contributed by atoms with Gasteiger partial charge >= 0.3 is 12.1 Å². The van der Waals surface area contributed by atoms with Gasteiger partial charge in [-0.1, -0.05) is 54.6 Å². The number of ether oxygens (including phenoxy) is 1. The first-order chi connectivity index (χ1) is 18.6. The standard InChI is InChI=1S/C25H20F3N5O5S/c26-25(27,28)23(34)38-33-39(35,36)15-18-9-6-10-19(13-18)31-24-30-16-29-22(32-24)20-11-4-5-12-21(20)37-14-17-7-2-1-3-8-17/h1-13,16,33H,14-15H2,(H,29,30,31,32). The molecule has 0 radical (unpaired) electrons. The van der Waals surface area contributed by atoms with Crippen molar-refractivity contribution in [1.82, 2.24) is 19.8 Å². The summed E-state index contributed by atoms with van der Waals surface area (Å²) in [6.45, 7) is 0.341. The molecule has 1 heterocycles. The molecule has 0 aliphatic heterocycles. The molecule has 0 unspecified atom stereocenters. The van der Waals surface area contributed by atoms with E-state index in [9.17, 15) is 26.4 Å². The zero-order chi connectivity index (χ0) is 27.9. The number of alkyl halides is 3. The number of hydrogen-bond donors (Lipinski definition) is 2. The first kappa shape index (κ1) is 27.5. The van der Waals surface area contributed by atoms with Gasteiger partial charge in [0.1, 0.15) is 18.7 Å². The number of aromatic nitrogens is 3. The fraction of sp³-hybridized carbons (Fsp3) is 0.120. The molecule has 0 saturated heterocycles. The van der Waals surface area contributed by atoms with Crippen LogP contribution >= 0.6 is 0 Å². The Morgan fingerprint density at radius 3 is 2.38 bits per heavy atom. The first-order valence-electron chi connectivity index (χ1n) is 11.2. The van der Waals surface area contributed by atoms with Gasteiger partial charge in [0, 0.05) is 5.69 Å². The molecule has 14 heteroatoms. The van der Waals surface area contributed by atoms with Crippen LogP contribution in [-0.2, 0) is 32.0 Å². The predicted octanol–water partition coefficient (Wildman–Crippen LogP) is 4.30. The largest absolute Gasteiger partial charge is 0.492 e. The number of carbonyl (C=O) groups is 1. The van der Waals surface area contributed by atoms with Gasteiger partial charge in [-0.25, -0.2) is 23.2 Å². The molecule has 10 nitrogen and oxygen atoms in total. The molecule has 0 amide bonds. The molecule has 0 bridgehead atoms. The van der Waals surface area contributed by atoms with Crippen molar-refractivity contribution in [3.05, 3.63) is 96.3 Å². The fourth-order valence-corrected chi connectivity index (χ4v) is 4.15. The SMILES string of the molecule is O=C(ONS(=O)(=O)Cc1cccc(Nc2ncnc(-c3ccccc3OCc3ccccc3)n2)c1)C(F)(F)F. The van der Waals surface area contributed by atoms with Crippen molar-refractivity contribution >= 4 is 27.6 Å². The molecule has 1 aromatic heterocycles. The number of rotatable bonds is 10. The van der Waals surface area contributed by atoms with Gasteiger partial charge in [0.05, 0.1) is 11.3 Å². The van der Waals surface area contributed by atoms with Crippen LogP contribution in [0.3, 0.4) is 0 Å². The number of para-hydroxylation sites is 1. The molecule has 0 aliphatic rings. The van der Waals surface area contributed by atoms with E-state index in [0.29, 0.717) is 29.4 Å². The third-order valence-corrected chi connectivity index (χ3v) is 6.02. The fourth-order valence-electron chi connectivity index (χ4n) is 3.27. The van der Waals surface area contributed by atoms with Gasteiger partial charge < -0.3 is 14.9 Å². The van der Waals surface area contributed by atoms with E-state index in [1.165, 1.54) is 29.4 Å². The predicted molar refractivity (Wildman–Crippen MR) is 134 cm³/mol. The maximum atomic E-state index is 12.2. The highest BCUT2D eigenvalue weighted by atomic mass is 32.2. The average Bonchev–Trinajstić information content (AvgIpc) is 2.91. The van der Waals surface area contributed by atoms with E-state index in [0.717, 1.165) is 5.56 Å². The normalized spacial score (nSPS) is 11.6. The van der Waals surface area contributed by atoms with Gasteiger partial charge in [0.25, 0.3) is 0 Å². The van der Waals surface area contributed by atoms with Crippen LogP contribution in [-0.4, -0.2) is 35.5 Å². The third-order valence-electron chi connectivity index (χ3n) is 4.97. The summed E-state index contributed by atoms with van der Waals surface area (Å²) in [6, 6.07) is 22.8. The lowest BCUT2D eigenvalue weighted by Crippen LogP contribution is -2.35. The number of sulfonamides is 1. The minimum Gasteiger partial charge on any atom is -0.488 e. The summed E-state index contributed by atoms with van der Waals surface area (Å²) in [4.78, 5) is 28.3. The maximum absolute atomic E-state index is 12.2. The first-order valence-corrected chi connectivity index (χ1v) is 12.8. The zero-order valence-electron chi connectivity index (χ0n) is 19.9. The minimum atomic E-state index is -5.34. The Morgan fingerprint density at radius 1 is 0.897 bits per heavy atom. The van der Waals surface area contributed by atoms with Crippen LogP contribution in [0.2, 0.25) is 0 Å². The van der Waals surface area contributed by atoms with Gasteiger partial charge in [-0.3, -0.25) is 0 Å². The number of hydrogen-bond acceptors (Lipinski definition) is 9. The van der Waals surface area contributed by atoms with Crippen molar-refractivity contribution < 1.29 is 36.0 Å². The number of nitrogens with zero attached hydrogens (tertiary/aromatic N) is 3. The van der Waals surface area contributed by atoms with Gasteiger partial charge in [0.15, 0.2) is 5.82 Å². The molecule has 0 aliphatic carbocycles. The zero-order valence-corrected chi connectivity index (χ0v) is 20.7. The van der Waals surface area contributed by atoms with Crippen LogP contribution in [0.25, 0.3) is 11.4 Å². The Balaban J connectivity index is 1.45. The molecule has 0 saturated carbocycles. The molecule has 3 aromatic carbocycles. The second-order valence-corrected chi connectivity index (χ2v) is 9.64. The third kappa shape index (κ3) is 7.96. The summed E-state index contributed by atoms with van der Waals surface area (Å²) >= 11 is 0. The molecule has 2 N–H and O–H groups in total. The van der Waals surface area contributed by atoms with Gasteiger partial charge in [0.2, 0.25) is 16.0 Å². The van der Waals surface area contributed by atoms with E-state index < -0.39 is 27.9 Å². The van der Waals surface area contributed by atoms with Crippen molar-refractivity contribution in [2.45, 2.75) is 18.5 Å². The van der Waals surface area contributed by atoms with E-state index in [1.54, 1.807) is 18.2 Å². The van der Waals surface area contributed by atoms with Crippen molar-refractivity contribution in [1.29, 1.82) is 0 Å². The average molecular weight is 560 g/mol. The number of anilines is 2. The van der Waals surface area contributed by atoms with E-state index in [-0.39, 0.29) is 11.5 Å². The molecule has 0 spiro atoms. The summed E-state index contributed by atoms with van der Waals surface area (Å²) in [5, 5.41) is 2.94. The number of carbonyl (C=O) groups excluding carboxylic acids is 1. The highest BCUT2D eigenvalue weighted by molar-refractivity contribution is 7.88. The number of benzene rings is 3. The van der Waals surface area contributed by atoms with E-state index in [2.05, 4.69) is 25.1 Å². The highest BCUT2D eigenvalue weighted by Gasteiger charge is 2.42. The Labute approximate surface area is 220 Å². The van der Waals surface area contributed by atoms with Gasteiger partial charge in [-0.15, -0.1) is 0 Å². The minimum absolute atomic E-state index is 0.148. The van der Waals surface area contributed by atoms with Crippen LogP contribution in [0.5, 0.6) is 5.75 Å². The van der Waals surface area contributed by atoms with Crippen molar-refractivity contribution in [3.63, 3.8) is 0 Å². The van der Waals surface area contributed by atoms with Crippen LogP contribution < -0.4 is 14.9 Å². The Kier molecular flexibility index (Phi) is 8.36. The lowest BCUT2D eigenvalue weighted by atomic mass is 10.2.